The van der Waals surface area contributed by atoms with E-state index in [1.165, 1.54) is 19.2 Å². The molecule has 120 valence electrons. The van der Waals surface area contributed by atoms with Gasteiger partial charge in [-0.05, 0) is 24.2 Å². The zero-order valence-electron chi connectivity index (χ0n) is 12.3. The summed E-state index contributed by atoms with van der Waals surface area (Å²) in [5.74, 6) is 0.136. The van der Waals surface area contributed by atoms with Gasteiger partial charge in [0.25, 0.3) is 6.43 Å². The van der Waals surface area contributed by atoms with Crippen molar-refractivity contribution in [2.75, 3.05) is 27.2 Å². The van der Waals surface area contributed by atoms with Crippen LogP contribution in [0.1, 0.15) is 12.5 Å². The molecule has 0 saturated carbocycles. The maximum absolute atomic E-state index is 12.4. The maximum Gasteiger partial charge on any atom is 0.252 e. The summed E-state index contributed by atoms with van der Waals surface area (Å²) in [5, 5.41) is 3.07. The standard InChI is InChI=1S/C13H20F2N2O3S/c1-4-16-8-10-5-6-11(20-3)12(7-10)21(18,19)17(2)9-13(14)15/h5-7,13,16H,4,8-9H2,1-3H3. The maximum atomic E-state index is 12.4. The van der Waals surface area contributed by atoms with Gasteiger partial charge in [-0.15, -0.1) is 0 Å². The molecule has 0 bridgehead atoms. The Bertz CT molecular complexity index is 565. The number of hydrogen-bond acceptors (Lipinski definition) is 4. The minimum atomic E-state index is -4.02. The first kappa shape index (κ1) is 17.8. The number of rotatable bonds is 8. The van der Waals surface area contributed by atoms with Gasteiger partial charge in [0.1, 0.15) is 10.6 Å². The topological polar surface area (TPSA) is 58.6 Å². The Kier molecular flexibility index (Phi) is 6.50. The number of ether oxygens (including phenoxy) is 1. The van der Waals surface area contributed by atoms with Gasteiger partial charge < -0.3 is 10.1 Å². The van der Waals surface area contributed by atoms with Gasteiger partial charge in [0.15, 0.2) is 0 Å². The number of nitrogens with one attached hydrogen (secondary N) is 1. The van der Waals surface area contributed by atoms with Crippen molar-refractivity contribution in [3.63, 3.8) is 0 Å². The summed E-state index contributed by atoms with van der Waals surface area (Å²) < 4.78 is 55.2. The molecule has 0 unspecified atom stereocenters. The van der Waals surface area contributed by atoms with Crippen molar-refractivity contribution in [3.05, 3.63) is 23.8 Å². The number of hydrogen-bond donors (Lipinski definition) is 1. The van der Waals surface area contributed by atoms with E-state index in [9.17, 15) is 17.2 Å². The van der Waals surface area contributed by atoms with E-state index in [4.69, 9.17) is 4.74 Å². The normalized spacial score (nSPS) is 12.1. The van der Waals surface area contributed by atoms with Crippen molar-refractivity contribution in [3.8, 4) is 5.75 Å². The van der Waals surface area contributed by atoms with Crippen LogP contribution in [0.5, 0.6) is 5.75 Å². The quantitative estimate of drug-likeness (QED) is 0.791. The fourth-order valence-electron chi connectivity index (χ4n) is 1.76. The van der Waals surface area contributed by atoms with E-state index in [2.05, 4.69) is 5.32 Å². The molecule has 0 aliphatic heterocycles. The zero-order chi connectivity index (χ0) is 16.0. The number of halogens is 2. The highest BCUT2D eigenvalue weighted by Crippen LogP contribution is 2.27. The second-order valence-corrected chi connectivity index (χ2v) is 6.46. The summed E-state index contributed by atoms with van der Waals surface area (Å²) in [4.78, 5) is -0.108. The lowest BCUT2D eigenvalue weighted by Gasteiger charge is -2.19. The number of benzene rings is 1. The van der Waals surface area contributed by atoms with E-state index in [1.54, 1.807) is 6.07 Å². The third-order valence-corrected chi connectivity index (χ3v) is 4.74. The Morgan fingerprint density at radius 2 is 2.05 bits per heavy atom. The molecule has 0 aliphatic rings. The second kappa shape index (κ2) is 7.67. The third-order valence-electron chi connectivity index (χ3n) is 2.89. The predicted octanol–water partition coefficient (Wildman–Crippen LogP) is 1.69. The smallest absolute Gasteiger partial charge is 0.252 e. The molecule has 0 fully saturated rings. The highest BCUT2D eigenvalue weighted by molar-refractivity contribution is 7.89. The Hall–Kier alpha value is -1.25. The molecular weight excluding hydrogens is 302 g/mol. The van der Waals surface area contributed by atoms with Crippen LogP contribution in [0, 0.1) is 0 Å². The molecule has 0 atom stereocenters. The summed E-state index contributed by atoms with van der Waals surface area (Å²) >= 11 is 0. The molecule has 21 heavy (non-hydrogen) atoms. The molecule has 0 amide bonds. The number of alkyl halides is 2. The Labute approximate surface area is 124 Å². The highest BCUT2D eigenvalue weighted by atomic mass is 32.2. The average Bonchev–Trinajstić information content (AvgIpc) is 2.44. The van der Waals surface area contributed by atoms with Crippen molar-refractivity contribution < 1.29 is 21.9 Å². The van der Waals surface area contributed by atoms with Gasteiger partial charge in [-0.1, -0.05) is 13.0 Å². The molecule has 0 heterocycles. The van der Waals surface area contributed by atoms with E-state index in [1.807, 2.05) is 6.92 Å². The monoisotopic (exact) mass is 322 g/mol. The van der Waals surface area contributed by atoms with Crippen LogP contribution < -0.4 is 10.1 Å². The van der Waals surface area contributed by atoms with Crippen molar-refractivity contribution >= 4 is 10.0 Å². The molecule has 5 nitrogen and oxygen atoms in total. The molecule has 0 spiro atoms. The Morgan fingerprint density at radius 3 is 2.57 bits per heavy atom. The largest absolute Gasteiger partial charge is 0.495 e. The zero-order valence-corrected chi connectivity index (χ0v) is 13.1. The second-order valence-electron chi connectivity index (χ2n) is 4.44. The summed E-state index contributed by atoms with van der Waals surface area (Å²) in [5.41, 5.74) is 0.738. The van der Waals surface area contributed by atoms with Crippen molar-refractivity contribution in [2.24, 2.45) is 0 Å². The molecule has 0 aliphatic carbocycles. The van der Waals surface area contributed by atoms with Crippen LogP contribution in [0.25, 0.3) is 0 Å². The van der Waals surface area contributed by atoms with Gasteiger partial charge in [0.2, 0.25) is 10.0 Å². The first-order valence-corrected chi connectivity index (χ1v) is 7.89. The minimum absolute atomic E-state index is 0.108. The summed E-state index contributed by atoms with van der Waals surface area (Å²) in [6.45, 7) is 2.29. The molecule has 1 rings (SSSR count). The van der Waals surface area contributed by atoms with E-state index < -0.39 is 23.0 Å². The van der Waals surface area contributed by atoms with Crippen molar-refractivity contribution in [2.45, 2.75) is 24.8 Å². The summed E-state index contributed by atoms with van der Waals surface area (Å²) in [6.07, 6.45) is -2.74. The number of methoxy groups -OCH3 is 1. The first-order chi connectivity index (χ1) is 9.82. The highest BCUT2D eigenvalue weighted by Gasteiger charge is 2.27. The molecule has 1 aromatic carbocycles. The Morgan fingerprint density at radius 1 is 1.38 bits per heavy atom. The van der Waals surface area contributed by atoms with Gasteiger partial charge in [-0.25, -0.2) is 17.2 Å². The fourth-order valence-corrected chi connectivity index (χ4v) is 3.11. The lowest BCUT2D eigenvalue weighted by atomic mass is 10.2. The van der Waals surface area contributed by atoms with Gasteiger partial charge in [0, 0.05) is 13.6 Å². The van der Waals surface area contributed by atoms with Crippen molar-refractivity contribution in [1.82, 2.24) is 9.62 Å². The summed E-state index contributed by atoms with van der Waals surface area (Å²) in [6, 6.07) is 4.70. The van der Waals surface area contributed by atoms with Gasteiger partial charge >= 0.3 is 0 Å². The van der Waals surface area contributed by atoms with Crippen LogP contribution in [0.15, 0.2) is 23.1 Å². The van der Waals surface area contributed by atoms with Crippen LogP contribution in [-0.4, -0.2) is 46.4 Å². The van der Waals surface area contributed by atoms with E-state index in [-0.39, 0.29) is 10.6 Å². The number of sulfonamides is 1. The van der Waals surface area contributed by atoms with E-state index >= 15 is 0 Å². The average molecular weight is 322 g/mol. The van der Waals surface area contributed by atoms with Crippen molar-refractivity contribution in [1.29, 1.82) is 0 Å². The molecule has 1 N–H and O–H groups in total. The molecule has 0 aromatic heterocycles. The van der Waals surface area contributed by atoms with Gasteiger partial charge in [0.05, 0.1) is 13.7 Å². The molecule has 0 saturated heterocycles. The fraction of sp³-hybridized carbons (Fsp3) is 0.538. The lowest BCUT2D eigenvalue weighted by molar-refractivity contribution is 0.126. The van der Waals surface area contributed by atoms with Crippen LogP contribution in [0.2, 0.25) is 0 Å². The summed E-state index contributed by atoms with van der Waals surface area (Å²) in [7, 11) is -1.56. The molecule has 0 radical (unpaired) electrons. The predicted molar refractivity (Wildman–Crippen MR) is 76.2 cm³/mol. The van der Waals surface area contributed by atoms with E-state index in [0.717, 1.165) is 19.2 Å². The van der Waals surface area contributed by atoms with Crippen LogP contribution in [-0.2, 0) is 16.6 Å². The number of nitrogens with zero attached hydrogens (tertiary/aromatic N) is 1. The molecule has 8 heteroatoms. The first-order valence-electron chi connectivity index (χ1n) is 6.45. The lowest BCUT2D eigenvalue weighted by Crippen LogP contribution is -2.31. The molecule has 1 aromatic rings. The van der Waals surface area contributed by atoms with Crippen LogP contribution >= 0.6 is 0 Å². The van der Waals surface area contributed by atoms with Gasteiger partial charge in [-0.3, -0.25) is 0 Å². The van der Waals surface area contributed by atoms with Crippen LogP contribution in [0.4, 0.5) is 8.78 Å². The third kappa shape index (κ3) is 4.62. The molecular formula is C13H20F2N2O3S. The SMILES string of the molecule is CCNCc1ccc(OC)c(S(=O)(=O)N(C)CC(F)F)c1. The minimum Gasteiger partial charge on any atom is -0.495 e. The van der Waals surface area contributed by atoms with Gasteiger partial charge in [-0.2, -0.15) is 4.31 Å². The Balaban J connectivity index is 3.18. The van der Waals surface area contributed by atoms with Crippen LogP contribution in [0.3, 0.4) is 0 Å². The van der Waals surface area contributed by atoms with E-state index in [0.29, 0.717) is 10.8 Å².